The van der Waals surface area contributed by atoms with Crippen molar-refractivity contribution in [2.24, 2.45) is 0 Å². The van der Waals surface area contributed by atoms with E-state index in [9.17, 15) is 0 Å². The third-order valence-electron chi connectivity index (χ3n) is 24.3. The van der Waals surface area contributed by atoms with Crippen LogP contribution in [0.5, 0.6) is 0 Å². The molecule has 0 unspecified atom stereocenters. The largest absolute Gasteiger partial charge is 0.308 e. The van der Waals surface area contributed by atoms with Crippen LogP contribution in [-0.4, -0.2) is 37.9 Å². The zero-order valence-corrected chi connectivity index (χ0v) is 58.9. The van der Waals surface area contributed by atoms with Gasteiger partial charge in [-0.25, -0.2) is 19.9 Å². The Morgan fingerprint density at radius 2 is 0.545 bits per heavy atom. The summed E-state index contributed by atoms with van der Waals surface area (Å²) in [5.74, 6) is 1.26. The van der Waals surface area contributed by atoms with Crippen LogP contribution >= 0.6 is 0 Å². The molecular formula is C102H56N8. The van der Waals surface area contributed by atoms with Crippen molar-refractivity contribution in [3.05, 3.63) is 340 Å². The topological polar surface area (TPSA) is 70.2 Å². The number of aromatic nitrogens is 8. The van der Waals surface area contributed by atoms with E-state index in [1.165, 1.54) is 119 Å². The highest BCUT2D eigenvalue weighted by Crippen LogP contribution is 2.51. The second-order valence-corrected chi connectivity index (χ2v) is 30.0. The van der Waals surface area contributed by atoms with Crippen LogP contribution in [0.2, 0.25) is 0 Å². The van der Waals surface area contributed by atoms with Crippen molar-refractivity contribution < 1.29 is 0 Å². The molecule has 18 aromatic carbocycles. The maximum atomic E-state index is 5.87. The van der Waals surface area contributed by atoms with Crippen molar-refractivity contribution in [3.63, 3.8) is 0 Å². The first kappa shape index (κ1) is 58.4. The van der Waals surface area contributed by atoms with Gasteiger partial charge in [0.05, 0.1) is 77.6 Å². The summed E-state index contributed by atoms with van der Waals surface area (Å²) in [6, 6.07) is 125. The first-order chi connectivity index (χ1) is 54.5. The molecule has 8 nitrogen and oxygen atoms in total. The van der Waals surface area contributed by atoms with Crippen LogP contribution in [0.3, 0.4) is 0 Å². The van der Waals surface area contributed by atoms with E-state index in [0.717, 1.165) is 121 Å². The number of hydrogen-bond acceptors (Lipinski definition) is 4. The molecule has 0 atom stereocenters. The molecule has 0 saturated heterocycles. The van der Waals surface area contributed by atoms with E-state index >= 15 is 0 Å². The molecule has 8 heterocycles. The zero-order valence-electron chi connectivity index (χ0n) is 58.9. The average Bonchev–Trinajstić information content (AvgIpc) is 1.52. The summed E-state index contributed by atoms with van der Waals surface area (Å²) in [4.78, 5) is 22.8. The van der Waals surface area contributed by atoms with Crippen molar-refractivity contribution in [2.75, 3.05) is 0 Å². The highest BCUT2D eigenvalue weighted by atomic mass is 15.2. The first-order valence-corrected chi connectivity index (χ1v) is 37.7. The SMILES string of the molecule is c1ccc(-c2ccc(-c3nc(-n4c5ccccc5c5c6c7cc8ccc(-c9ccc%10ccc(-c%11nc(-n%12c%13ccccc%13c%13c%14c%15cc%16ccccc%16cc%15n%15c%16ccccc%16c(cc%13%12)c%14%15)nc%12ccc%13ccccc%13c%11%12)cc%10c9)cc8cc7n7c8ccccc8c(cc54)c67)nc4ccc5ccccc5c34)cc2)cc1. The van der Waals surface area contributed by atoms with Gasteiger partial charge in [0.25, 0.3) is 0 Å². The fourth-order valence-electron chi connectivity index (χ4n) is 19.5. The average molecular weight is 1390 g/mol. The van der Waals surface area contributed by atoms with Gasteiger partial charge in [0.2, 0.25) is 11.9 Å². The molecule has 26 aromatic rings. The number of para-hydroxylation sites is 4. The van der Waals surface area contributed by atoms with Crippen LogP contribution in [0.4, 0.5) is 0 Å². The minimum Gasteiger partial charge on any atom is -0.308 e. The molecule has 8 heteroatoms. The van der Waals surface area contributed by atoms with Crippen LogP contribution in [-0.2, 0) is 0 Å². The summed E-state index contributed by atoms with van der Waals surface area (Å²) < 4.78 is 9.70. The van der Waals surface area contributed by atoms with E-state index < -0.39 is 0 Å². The third kappa shape index (κ3) is 7.86. The lowest BCUT2D eigenvalue weighted by molar-refractivity contribution is 1.01. The Morgan fingerprint density at radius 3 is 1.09 bits per heavy atom. The molecule has 0 aliphatic heterocycles. The van der Waals surface area contributed by atoms with Gasteiger partial charge >= 0.3 is 0 Å². The summed E-state index contributed by atoms with van der Waals surface area (Å²) in [6.45, 7) is 0. The Hall–Kier alpha value is -14.9. The summed E-state index contributed by atoms with van der Waals surface area (Å²) >= 11 is 0. The number of fused-ring (bicyclic) bond motifs is 29. The molecule has 0 spiro atoms. The minimum atomic E-state index is 0.630. The quantitative estimate of drug-likeness (QED) is 0.156. The molecule has 26 rings (SSSR count). The highest BCUT2D eigenvalue weighted by molar-refractivity contribution is 6.38. The van der Waals surface area contributed by atoms with E-state index in [2.05, 4.69) is 358 Å². The van der Waals surface area contributed by atoms with Crippen molar-refractivity contribution in [3.8, 4) is 56.7 Å². The molecule has 0 bridgehead atoms. The van der Waals surface area contributed by atoms with Gasteiger partial charge in [-0.2, -0.15) is 0 Å². The summed E-state index contributed by atoms with van der Waals surface area (Å²) in [6.07, 6.45) is 0. The molecule has 0 fully saturated rings. The fourth-order valence-corrected chi connectivity index (χ4v) is 19.5. The summed E-state index contributed by atoms with van der Waals surface area (Å²) in [7, 11) is 0. The van der Waals surface area contributed by atoms with Gasteiger partial charge in [0, 0.05) is 86.5 Å². The van der Waals surface area contributed by atoms with Gasteiger partial charge in [0.15, 0.2) is 0 Å². The summed E-state index contributed by atoms with van der Waals surface area (Å²) in [5, 5.41) is 28.1. The first-order valence-electron chi connectivity index (χ1n) is 37.7. The Balaban J connectivity index is 0.645. The van der Waals surface area contributed by atoms with E-state index in [4.69, 9.17) is 19.9 Å². The molecule has 8 aromatic heterocycles. The second kappa shape index (κ2) is 21.4. The third-order valence-corrected chi connectivity index (χ3v) is 24.3. The highest BCUT2D eigenvalue weighted by Gasteiger charge is 2.30. The van der Waals surface area contributed by atoms with Crippen molar-refractivity contribution in [2.45, 2.75) is 0 Å². The second-order valence-electron chi connectivity index (χ2n) is 30.0. The van der Waals surface area contributed by atoms with E-state index in [1.54, 1.807) is 0 Å². The number of nitrogens with zero attached hydrogens (tertiary/aromatic N) is 8. The normalized spacial score (nSPS) is 12.5. The lowest BCUT2D eigenvalue weighted by atomic mass is 9.95. The van der Waals surface area contributed by atoms with E-state index in [0.29, 0.717) is 11.9 Å². The molecule has 0 aliphatic carbocycles. The molecule has 110 heavy (non-hydrogen) atoms. The maximum absolute atomic E-state index is 5.87. The minimum absolute atomic E-state index is 0.630. The summed E-state index contributed by atoms with van der Waals surface area (Å²) in [5.41, 5.74) is 21.7. The van der Waals surface area contributed by atoms with Crippen molar-refractivity contribution in [1.29, 1.82) is 0 Å². The van der Waals surface area contributed by atoms with Gasteiger partial charge in [-0.15, -0.1) is 0 Å². The number of hydrogen-bond donors (Lipinski definition) is 0. The predicted octanol–water partition coefficient (Wildman–Crippen LogP) is 26.5. The van der Waals surface area contributed by atoms with Crippen LogP contribution in [0, 0.1) is 0 Å². The monoisotopic (exact) mass is 1390 g/mol. The van der Waals surface area contributed by atoms with Crippen molar-refractivity contribution in [1.82, 2.24) is 37.9 Å². The molecule has 504 valence electrons. The van der Waals surface area contributed by atoms with E-state index in [-0.39, 0.29) is 0 Å². The van der Waals surface area contributed by atoms with Gasteiger partial charge in [0.1, 0.15) is 0 Å². The standard InChI is InChI=1S/C102H56N8/c1-2-18-57(19-3-1)58-34-38-62(39-35-58)97-91-71-24-8-6-20-60(71)44-46-81(91)103-101(105-97)109-85-32-16-12-28-75(85)94-89(109)56-78-74-27-11-15-31-84(74)108-88-54-70-49-66(41-42-67(70)52-80(88)96(94)100(78)108)65-40-36-59-37-43-68(50-69(59)48-65)98-92-72-25-9-7-21-61(72)45-47-82(92)104-102(106-98)110-86-33-17-13-29-76(86)93-90(110)55-77-73-26-10-14-30-83(73)107-87-53-64-23-5-4-22-63(64)51-79(87)95(93)99(77)107/h1-56H. The van der Waals surface area contributed by atoms with Gasteiger partial charge in [-0.3, -0.25) is 9.13 Å². The molecular weight excluding hydrogens is 1340 g/mol. The van der Waals surface area contributed by atoms with Crippen LogP contribution in [0.25, 0.3) is 252 Å². The van der Waals surface area contributed by atoms with Crippen LogP contribution < -0.4 is 0 Å². The molecule has 0 aliphatic rings. The van der Waals surface area contributed by atoms with Crippen LogP contribution in [0.15, 0.2) is 340 Å². The molecule has 0 radical (unpaired) electrons. The van der Waals surface area contributed by atoms with Crippen molar-refractivity contribution >= 4 is 195 Å². The van der Waals surface area contributed by atoms with Gasteiger partial charge < -0.3 is 8.80 Å². The lowest BCUT2D eigenvalue weighted by Crippen LogP contribution is -2.04. The predicted molar refractivity (Wildman–Crippen MR) is 460 cm³/mol. The molecule has 0 N–H and O–H groups in total. The Bertz CT molecular complexity index is 8590. The maximum Gasteiger partial charge on any atom is 0.235 e. The van der Waals surface area contributed by atoms with Crippen LogP contribution in [0.1, 0.15) is 0 Å². The zero-order chi connectivity index (χ0) is 71.3. The smallest absolute Gasteiger partial charge is 0.235 e. The lowest BCUT2D eigenvalue weighted by Gasteiger charge is -2.14. The Labute approximate surface area is 625 Å². The number of rotatable bonds is 6. The fraction of sp³-hybridized carbons (Fsp3) is 0. The Kier molecular flexibility index (Phi) is 11.4. The molecule has 0 saturated carbocycles. The number of benzene rings is 18. The van der Waals surface area contributed by atoms with Gasteiger partial charge in [-0.05, 0) is 167 Å². The molecule has 0 amide bonds. The Morgan fingerprint density at radius 1 is 0.173 bits per heavy atom. The van der Waals surface area contributed by atoms with Gasteiger partial charge in [-0.1, -0.05) is 249 Å². The van der Waals surface area contributed by atoms with E-state index in [1.807, 2.05) is 0 Å².